The zero-order valence-electron chi connectivity index (χ0n) is 11.7. The van der Waals surface area contributed by atoms with Gasteiger partial charge in [-0.25, -0.2) is 8.78 Å². The molecule has 0 saturated heterocycles. The van der Waals surface area contributed by atoms with Gasteiger partial charge >= 0.3 is 0 Å². The summed E-state index contributed by atoms with van der Waals surface area (Å²) in [4.78, 5) is 2.19. The van der Waals surface area contributed by atoms with Gasteiger partial charge in [0.05, 0.1) is 0 Å². The molecule has 0 aliphatic carbocycles. The second-order valence-electron chi connectivity index (χ2n) is 5.60. The van der Waals surface area contributed by atoms with Crippen LogP contribution < -0.4 is 0 Å². The van der Waals surface area contributed by atoms with Crippen LogP contribution in [0.3, 0.4) is 0 Å². The van der Waals surface area contributed by atoms with Crippen LogP contribution in [0.4, 0.5) is 8.78 Å². The Hall–Kier alpha value is -1.74. The lowest BCUT2D eigenvalue weighted by Crippen LogP contribution is -2.31. The Morgan fingerprint density at radius 3 is 2.50 bits per heavy atom. The van der Waals surface area contributed by atoms with Crippen molar-refractivity contribution >= 4 is 0 Å². The van der Waals surface area contributed by atoms with Crippen molar-refractivity contribution in [1.29, 1.82) is 0 Å². The lowest BCUT2D eigenvalue weighted by molar-refractivity contribution is 0.294. The first-order valence-corrected chi connectivity index (χ1v) is 6.77. The molecule has 1 aliphatic heterocycles. The molecule has 1 nitrogen and oxygen atoms in total. The van der Waals surface area contributed by atoms with E-state index in [1.807, 2.05) is 13.1 Å². The fourth-order valence-corrected chi connectivity index (χ4v) is 3.18. The Kier molecular flexibility index (Phi) is 3.30. The van der Waals surface area contributed by atoms with Crippen molar-refractivity contribution in [3.63, 3.8) is 0 Å². The van der Waals surface area contributed by atoms with E-state index in [1.54, 1.807) is 0 Å². The molecule has 0 saturated carbocycles. The van der Waals surface area contributed by atoms with Gasteiger partial charge in [0.2, 0.25) is 0 Å². The van der Waals surface area contributed by atoms with Crippen LogP contribution in [0.1, 0.15) is 28.2 Å². The third-order valence-corrected chi connectivity index (χ3v) is 3.98. The number of aryl methyl sites for hydroxylation is 1. The molecule has 0 amide bonds. The van der Waals surface area contributed by atoms with Gasteiger partial charge in [0.15, 0.2) is 0 Å². The molecule has 3 heteroatoms. The summed E-state index contributed by atoms with van der Waals surface area (Å²) in [5, 5.41) is 0. The second-order valence-corrected chi connectivity index (χ2v) is 5.60. The van der Waals surface area contributed by atoms with Crippen LogP contribution in [-0.2, 0) is 6.54 Å². The highest BCUT2D eigenvalue weighted by Crippen LogP contribution is 2.35. The minimum Gasteiger partial charge on any atom is -0.301 e. The number of likely N-dealkylation sites (N-methyl/N-ethyl adjacent to an activating group) is 1. The van der Waals surface area contributed by atoms with Crippen molar-refractivity contribution in [3.8, 4) is 0 Å². The molecule has 2 aromatic rings. The van der Waals surface area contributed by atoms with E-state index in [0.717, 1.165) is 19.2 Å². The fourth-order valence-electron chi connectivity index (χ4n) is 3.18. The first-order chi connectivity index (χ1) is 9.54. The summed E-state index contributed by atoms with van der Waals surface area (Å²) in [5.74, 6) is -0.998. The smallest absolute Gasteiger partial charge is 0.126 e. The number of hydrogen-bond acceptors (Lipinski definition) is 1. The Morgan fingerprint density at radius 1 is 1.10 bits per heavy atom. The summed E-state index contributed by atoms with van der Waals surface area (Å²) in [6.07, 6.45) is 0. The molecule has 1 aliphatic rings. The van der Waals surface area contributed by atoms with E-state index in [0.29, 0.717) is 5.56 Å². The van der Waals surface area contributed by atoms with Gasteiger partial charge in [-0.05, 0) is 48.4 Å². The molecule has 3 rings (SSSR count). The Balaban J connectivity index is 2.15. The van der Waals surface area contributed by atoms with E-state index in [9.17, 15) is 8.78 Å². The molecule has 1 unspecified atom stereocenters. The molecule has 104 valence electrons. The zero-order valence-corrected chi connectivity index (χ0v) is 11.7. The molecule has 0 radical (unpaired) electrons. The van der Waals surface area contributed by atoms with Crippen molar-refractivity contribution in [2.45, 2.75) is 19.4 Å². The molecule has 0 bridgehead atoms. The predicted molar refractivity (Wildman–Crippen MR) is 75.7 cm³/mol. The summed E-state index contributed by atoms with van der Waals surface area (Å²) in [6.45, 7) is 3.72. The van der Waals surface area contributed by atoms with E-state index in [-0.39, 0.29) is 5.92 Å². The fraction of sp³-hybridized carbons (Fsp3) is 0.294. The van der Waals surface area contributed by atoms with Gasteiger partial charge in [-0.3, -0.25) is 0 Å². The molecular weight excluding hydrogens is 256 g/mol. The average Bonchev–Trinajstić information content (AvgIpc) is 2.36. The molecule has 1 heterocycles. The second kappa shape index (κ2) is 4.98. The van der Waals surface area contributed by atoms with Crippen molar-refractivity contribution < 1.29 is 8.78 Å². The lowest BCUT2D eigenvalue weighted by atomic mass is 9.82. The Morgan fingerprint density at radius 2 is 1.80 bits per heavy atom. The molecule has 20 heavy (non-hydrogen) atoms. The zero-order chi connectivity index (χ0) is 14.3. The van der Waals surface area contributed by atoms with Gasteiger partial charge in [0, 0.05) is 25.1 Å². The monoisotopic (exact) mass is 273 g/mol. The number of rotatable bonds is 1. The highest BCUT2D eigenvalue weighted by Gasteiger charge is 2.26. The molecule has 0 aromatic heterocycles. The van der Waals surface area contributed by atoms with Crippen LogP contribution in [0.2, 0.25) is 0 Å². The first kappa shape index (κ1) is 13.3. The van der Waals surface area contributed by atoms with Crippen molar-refractivity contribution in [2.24, 2.45) is 0 Å². The van der Waals surface area contributed by atoms with Gasteiger partial charge in [-0.15, -0.1) is 0 Å². The minimum atomic E-state index is -0.511. The van der Waals surface area contributed by atoms with E-state index in [4.69, 9.17) is 0 Å². The van der Waals surface area contributed by atoms with E-state index in [1.165, 1.54) is 28.8 Å². The molecule has 0 N–H and O–H groups in total. The lowest BCUT2D eigenvalue weighted by Gasteiger charge is -2.33. The van der Waals surface area contributed by atoms with Crippen LogP contribution in [-0.4, -0.2) is 18.5 Å². The van der Waals surface area contributed by atoms with Crippen LogP contribution in [0.5, 0.6) is 0 Å². The summed E-state index contributed by atoms with van der Waals surface area (Å²) < 4.78 is 27.0. The maximum Gasteiger partial charge on any atom is 0.126 e. The first-order valence-electron chi connectivity index (χ1n) is 6.77. The van der Waals surface area contributed by atoms with Crippen LogP contribution in [0.25, 0.3) is 0 Å². The van der Waals surface area contributed by atoms with Crippen molar-refractivity contribution in [1.82, 2.24) is 4.90 Å². The number of halogens is 2. The number of fused-ring (bicyclic) bond motifs is 1. The SMILES string of the molecule is Cc1cccc2c1C(c1cc(F)cc(F)c1)CN(C)C2. The summed E-state index contributed by atoms with van der Waals surface area (Å²) in [7, 11) is 2.04. The minimum absolute atomic E-state index is 0.0233. The van der Waals surface area contributed by atoms with Crippen LogP contribution in [0.15, 0.2) is 36.4 Å². The summed E-state index contributed by atoms with van der Waals surface area (Å²) in [5.41, 5.74) is 4.36. The summed E-state index contributed by atoms with van der Waals surface area (Å²) in [6, 6.07) is 10.0. The predicted octanol–water partition coefficient (Wildman–Crippen LogP) is 3.85. The Bertz CT molecular complexity index is 631. The molecular formula is C17H17F2N. The van der Waals surface area contributed by atoms with Crippen molar-refractivity contribution in [2.75, 3.05) is 13.6 Å². The van der Waals surface area contributed by atoms with Gasteiger partial charge < -0.3 is 4.90 Å². The van der Waals surface area contributed by atoms with E-state index < -0.39 is 11.6 Å². The molecule has 1 atom stereocenters. The number of benzene rings is 2. The van der Waals surface area contributed by atoms with Crippen LogP contribution in [0, 0.1) is 18.6 Å². The largest absolute Gasteiger partial charge is 0.301 e. The molecule has 0 spiro atoms. The maximum absolute atomic E-state index is 13.5. The average molecular weight is 273 g/mol. The van der Waals surface area contributed by atoms with Gasteiger partial charge in [0.25, 0.3) is 0 Å². The van der Waals surface area contributed by atoms with Gasteiger partial charge in [-0.1, -0.05) is 18.2 Å². The highest BCUT2D eigenvalue weighted by atomic mass is 19.1. The number of hydrogen-bond donors (Lipinski definition) is 0. The quantitative estimate of drug-likeness (QED) is 0.763. The topological polar surface area (TPSA) is 3.24 Å². The van der Waals surface area contributed by atoms with E-state index >= 15 is 0 Å². The Labute approximate surface area is 117 Å². The van der Waals surface area contributed by atoms with E-state index in [2.05, 4.69) is 24.0 Å². The third kappa shape index (κ3) is 2.34. The maximum atomic E-state index is 13.5. The van der Waals surface area contributed by atoms with Crippen molar-refractivity contribution in [3.05, 3.63) is 70.3 Å². The normalized spacial score (nSPS) is 18.9. The standard InChI is InChI=1S/C17H17F2N/c1-11-4-3-5-12-9-20(2)10-16(17(11)12)13-6-14(18)8-15(19)7-13/h3-8,16H,9-10H2,1-2H3. The highest BCUT2D eigenvalue weighted by molar-refractivity contribution is 5.45. The summed E-state index contributed by atoms with van der Waals surface area (Å²) >= 11 is 0. The third-order valence-electron chi connectivity index (χ3n) is 3.98. The molecule has 0 fully saturated rings. The van der Waals surface area contributed by atoms with Gasteiger partial charge in [0.1, 0.15) is 11.6 Å². The number of nitrogens with zero attached hydrogens (tertiary/aromatic N) is 1. The van der Waals surface area contributed by atoms with Gasteiger partial charge in [-0.2, -0.15) is 0 Å². The molecule has 2 aromatic carbocycles. The van der Waals surface area contributed by atoms with Crippen LogP contribution >= 0.6 is 0 Å².